The second-order valence-electron chi connectivity index (χ2n) is 4.01. The third-order valence-electron chi connectivity index (χ3n) is 2.33. The summed E-state index contributed by atoms with van der Waals surface area (Å²) < 4.78 is 31.7. The van der Waals surface area contributed by atoms with Crippen molar-refractivity contribution in [1.82, 2.24) is 0 Å². The zero-order valence-electron chi connectivity index (χ0n) is 10.1. The molecule has 0 saturated heterocycles. The van der Waals surface area contributed by atoms with E-state index in [0.29, 0.717) is 0 Å². The van der Waals surface area contributed by atoms with Crippen molar-refractivity contribution in [3.05, 3.63) is 29.3 Å². The highest BCUT2D eigenvalue weighted by molar-refractivity contribution is 5.41. The van der Waals surface area contributed by atoms with Gasteiger partial charge in [-0.2, -0.15) is 0 Å². The van der Waals surface area contributed by atoms with Crippen LogP contribution in [0.25, 0.3) is 0 Å². The van der Waals surface area contributed by atoms with Crippen LogP contribution in [0.15, 0.2) is 12.1 Å². The Labute approximate surface area is 99.8 Å². The summed E-state index contributed by atoms with van der Waals surface area (Å²) in [5, 5.41) is 0. The van der Waals surface area contributed by atoms with E-state index in [1.165, 1.54) is 7.11 Å². The molecule has 0 aliphatic heterocycles. The van der Waals surface area contributed by atoms with Crippen molar-refractivity contribution >= 4 is 0 Å². The molecule has 17 heavy (non-hydrogen) atoms. The second-order valence-corrected chi connectivity index (χ2v) is 4.01. The van der Waals surface area contributed by atoms with Gasteiger partial charge in [0.25, 0.3) is 0 Å². The molecule has 1 aromatic rings. The molecule has 0 spiro atoms. The number of methoxy groups -OCH3 is 1. The van der Waals surface area contributed by atoms with E-state index in [1.807, 2.05) is 13.8 Å². The maximum atomic E-state index is 13.5. The van der Waals surface area contributed by atoms with E-state index in [-0.39, 0.29) is 17.2 Å². The Morgan fingerprint density at radius 2 is 1.76 bits per heavy atom. The van der Waals surface area contributed by atoms with Gasteiger partial charge in [0, 0.05) is 12.1 Å². The molecule has 92 valence electrons. The monoisotopic (exact) mass is 239 g/mol. The fourth-order valence-corrected chi connectivity index (χ4v) is 1.11. The second kappa shape index (κ2) is 5.65. The lowest BCUT2D eigenvalue weighted by Gasteiger charge is -2.07. The van der Waals surface area contributed by atoms with Crippen molar-refractivity contribution in [3.8, 4) is 17.6 Å². The Kier molecular flexibility index (Phi) is 4.47. The Bertz CT molecular complexity index is 437. The molecule has 1 rings (SSSR count). The van der Waals surface area contributed by atoms with E-state index >= 15 is 0 Å². The summed E-state index contributed by atoms with van der Waals surface area (Å²) in [6.45, 7) is 3.78. The number of hydrogen-bond donors (Lipinski definition) is 1. The highest BCUT2D eigenvalue weighted by Gasteiger charge is 2.10. The van der Waals surface area contributed by atoms with Crippen LogP contribution in [0.4, 0.5) is 8.78 Å². The quantitative estimate of drug-likeness (QED) is 0.804. The van der Waals surface area contributed by atoms with E-state index < -0.39 is 17.7 Å². The molecule has 0 saturated carbocycles. The summed E-state index contributed by atoms with van der Waals surface area (Å²) >= 11 is 0. The van der Waals surface area contributed by atoms with Crippen LogP contribution in [0.1, 0.15) is 19.4 Å². The van der Waals surface area contributed by atoms with E-state index in [2.05, 4.69) is 11.8 Å². The smallest absolute Gasteiger partial charge is 0.145 e. The Morgan fingerprint density at radius 1 is 1.24 bits per heavy atom. The van der Waals surface area contributed by atoms with E-state index in [1.54, 1.807) is 0 Å². The normalized spacial score (nSPS) is 11.9. The predicted octanol–water partition coefficient (Wildman–Crippen LogP) is 2.31. The van der Waals surface area contributed by atoms with Gasteiger partial charge in [-0.25, -0.2) is 8.78 Å². The molecule has 0 aromatic heterocycles. The van der Waals surface area contributed by atoms with E-state index in [9.17, 15) is 8.78 Å². The molecular weight excluding hydrogens is 224 g/mol. The summed E-state index contributed by atoms with van der Waals surface area (Å²) in [4.78, 5) is 0. The maximum absolute atomic E-state index is 13.5. The number of benzene rings is 1. The fourth-order valence-electron chi connectivity index (χ4n) is 1.11. The molecule has 1 unspecified atom stereocenters. The van der Waals surface area contributed by atoms with Crippen LogP contribution in [-0.4, -0.2) is 13.2 Å². The third kappa shape index (κ3) is 3.43. The lowest BCUT2D eigenvalue weighted by Crippen LogP contribution is -2.24. The standard InChI is InChI=1S/C13H15F2NO/c1-8(2)13(16)5-4-10-11(14)6-9(17-3)7-12(10)15/h6-8,13H,16H2,1-3H3. The van der Waals surface area contributed by atoms with Gasteiger partial charge in [0.15, 0.2) is 0 Å². The Hall–Kier alpha value is -1.60. The van der Waals surface area contributed by atoms with Gasteiger partial charge in [-0.3, -0.25) is 0 Å². The molecule has 1 aromatic carbocycles. The minimum Gasteiger partial charge on any atom is -0.497 e. The van der Waals surface area contributed by atoms with Crippen LogP contribution in [0.5, 0.6) is 5.75 Å². The molecule has 0 aliphatic carbocycles. The van der Waals surface area contributed by atoms with Crippen molar-refractivity contribution < 1.29 is 13.5 Å². The summed E-state index contributed by atoms with van der Waals surface area (Å²) in [7, 11) is 1.34. The van der Waals surface area contributed by atoms with Crippen LogP contribution < -0.4 is 10.5 Å². The zero-order chi connectivity index (χ0) is 13.0. The van der Waals surface area contributed by atoms with Gasteiger partial charge in [-0.1, -0.05) is 25.7 Å². The first-order valence-corrected chi connectivity index (χ1v) is 5.26. The van der Waals surface area contributed by atoms with E-state index in [4.69, 9.17) is 10.5 Å². The molecule has 0 heterocycles. The minimum absolute atomic E-state index is 0.124. The van der Waals surface area contributed by atoms with Gasteiger partial charge in [-0.05, 0) is 5.92 Å². The molecule has 0 aliphatic rings. The van der Waals surface area contributed by atoms with Gasteiger partial charge in [0.1, 0.15) is 17.4 Å². The lowest BCUT2D eigenvalue weighted by molar-refractivity contribution is 0.406. The number of ether oxygens (including phenoxy) is 1. The molecule has 4 heteroatoms. The number of halogens is 2. The first-order valence-electron chi connectivity index (χ1n) is 5.26. The van der Waals surface area contributed by atoms with Gasteiger partial charge in [-0.15, -0.1) is 0 Å². The van der Waals surface area contributed by atoms with Crippen LogP contribution in [0.2, 0.25) is 0 Å². The third-order valence-corrected chi connectivity index (χ3v) is 2.33. The number of rotatable bonds is 2. The van der Waals surface area contributed by atoms with Crippen LogP contribution in [-0.2, 0) is 0 Å². The van der Waals surface area contributed by atoms with Gasteiger partial charge in [0.05, 0.1) is 18.7 Å². The van der Waals surface area contributed by atoms with Gasteiger partial charge >= 0.3 is 0 Å². The van der Waals surface area contributed by atoms with Crippen molar-refractivity contribution in [3.63, 3.8) is 0 Å². The van der Waals surface area contributed by atoms with Crippen LogP contribution in [0.3, 0.4) is 0 Å². The van der Waals surface area contributed by atoms with Crippen molar-refractivity contribution in [2.24, 2.45) is 11.7 Å². The molecule has 0 amide bonds. The SMILES string of the molecule is COc1cc(F)c(C#CC(N)C(C)C)c(F)c1. The highest BCUT2D eigenvalue weighted by Crippen LogP contribution is 2.19. The zero-order valence-corrected chi connectivity index (χ0v) is 10.1. The molecule has 2 nitrogen and oxygen atoms in total. The predicted molar refractivity (Wildman–Crippen MR) is 62.6 cm³/mol. The minimum atomic E-state index is -0.745. The fraction of sp³-hybridized carbons (Fsp3) is 0.385. The molecule has 1 atom stereocenters. The highest BCUT2D eigenvalue weighted by atomic mass is 19.1. The van der Waals surface area contributed by atoms with Crippen molar-refractivity contribution in [1.29, 1.82) is 0 Å². The van der Waals surface area contributed by atoms with Crippen molar-refractivity contribution in [2.45, 2.75) is 19.9 Å². The van der Waals surface area contributed by atoms with Gasteiger partial charge in [0.2, 0.25) is 0 Å². The summed E-state index contributed by atoms with van der Waals surface area (Å²) in [5.41, 5.74) is 5.40. The molecule has 0 fully saturated rings. The average molecular weight is 239 g/mol. The first-order chi connectivity index (χ1) is 7.95. The van der Waals surface area contributed by atoms with Crippen LogP contribution >= 0.6 is 0 Å². The molecule has 2 N–H and O–H groups in total. The summed E-state index contributed by atoms with van der Waals surface area (Å²) in [6, 6.07) is 1.78. The van der Waals surface area contributed by atoms with Gasteiger partial charge < -0.3 is 10.5 Å². The average Bonchev–Trinajstić information content (AvgIpc) is 2.27. The lowest BCUT2D eigenvalue weighted by atomic mass is 10.1. The molecule has 0 bridgehead atoms. The topological polar surface area (TPSA) is 35.2 Å². The first kappa shape index (κ1) is 13.5. The Balaban J connectivity index is 3.07. The summed E-state index contributed by atoms with van der Waals surface area (Å²) in [6.07, 6.45) is 0. The maximum Gasteiger partial charge on any atom is 0.145 e. The largest absolute Gasteiger partial charge is 0.497 e. The Morgan fingerprint density at radius 3 is 2.18 bits per heavy atom. The molecule has 0 radical (unpaired) electrons. The van der Waals surface area contributed by atoms with Crippen LogP contribution in [0, 0.1) is 29.4 Å². The number of hydrogen-bond acceptors (Lipinski definition) is 2. The van der Waals surface area contributed by atoms with Crippen molar-refractivity contribution in [2.75, 3.05) is 7.11 Å². The van der Waals surface area contributed by atoms with E-state index in [0.717, 1.165) is 12.1 Å². The molecular formula is C13H15F2NO. The number of nitrogens with two attached hydrogens (primary N) is 1. The summed E-state index contributed by atoms with van der Waals surface area (Å²) in [5.74, 6) is 3.82.